The first kappa shape index (κ1) is 18.3. The summed E-state index contributed by atoms with van der Waals surface area (Å²) in [6, 6.07) is 14.0. The molecule has 0 amide bonds. The van der Waals surface area contributed by atoms with Crippen LogP contribution in [0.1, 0.15) is 22.8 Å². The summed E-state index contributed by atoms with van der Waals surface area (Å²) < 4.78 is 7.25. The second-order valence-electron chi connectivity index (χ2n) is 5.40. The Hall–Kier alpha value is -3.46. The van der Waals surface area contributed by atoms with Gasteiger partial charge in [0.2, 0.25) is 4.77 Å². The van der Waals surface area contributed by atoms with Crippen molar-refractivity contribution in [3.05, 3.63) is 64.4 Å². The van der Waals surface area contributed by atoms with Crippen molar-refractivity contribution in [2.75, 3.05) is 12.1 Å². The maximum absolute atomic E-state index is 11.3. The van der Waals surface area contributed by atoms with Crippen LogP contribution in [0.25, 0.3) is 11.4 Å². The van der Waals surface area contributed by atoms with Crippen molar-refractivity contribution in [3.63, 3.8) is 0 Å². The third kappa shape index (κ3) is 4.21. The molecule has 0 bridgehead atoms. The summed E-state index contributed by atoms with van der Waals surface area (Å²) in [4.78, 5) is 11.3. The zero-order valence-corrected chi connectivity index (χ0v) is 15.2. The molecule has 2 aromatic carbocycles. The summed E-state index contributed by atoms with van der Waals surface area (Å²) in [7, 11) is 0. The third-order valence-electron chi connectivity index (χ3n) is 3.65. The van der Waals surface area contributed by atoms with Crippen LogP contribution in [0.4, 0.5) is 0 Å². The van der Waals surface area contributed by atoms with Gasteiger partial charge in [-0.25, -0.2) is 15.4 Å². The van der Waals surface area contributed by atoms with E-state index in [2.05, 4.69) is 20.8 Å². The van der Waals surface area contributed by atoms with Gasteiger partial charge in [0.25, 0.3) is 0 Å². The molecule has 27 heavy (non-hydrogen) atoms. The molecule has 0 saturated heterocycles. The first-order chi connectivity index (χ1) is 13.1. The van der Waals surface area contributed by atoms with E-state index in [9.17, 15) is 9.90 Å². The number of aromatic carboxylic acids is 1. The summed E-state index contributed by atoms with van der Waals surface area (Å²) in [6.07, 6.45) is 1.42. The lowest BCUT2D eigenvalue weighted by Gasteiger charge is -2.07. The molecule has 138 valence electrons. The largest absolute Gasteiger partial charge is 0.494 e. The van der Waals surface area contributed by atoms with E-state index in [0.717, 1.165) is 11.3 Å². The molecular weight excluding hydrogens is 366 g/mol. The van der Waals surface area contributed by atoms with Gasteiger partial charge in [-0.2, -0.15) is 14.9 Å². The molecule has 9 heteroatoms. The molecule has 0 radical (unpaired) electrons. The Morgan fingerprint density at radius 2 is 2.07 bits per heavy atom. The first-order valence-corrected chi connectivity index (χ1v) is 8.53. The Balaban J connectivity index is 1.84. The van der Waals surface area contributed by atoms with Crippen LogP contribution in [0.3, 0.4) is 0 Å². The monoisotopic (exact) mass is 383 g/mol. The average molecular weight is 383 g/mol. The fourth-order valence-electron chi connectivity index (χ4n) is 2.41. The van der Waals surface area contributed by atoms with Gasteiger partial charge < -0.3 is 9.84 Å². The molecule has 1 aromatic heterocycles. The summed E-state index contributed by atoms with van der Waals surface area (Å²) in [5.74, 6) is 0.275. The van der Waals surface area contributed by atoms with E-state index in [-0.39, 0.29) is 5.56 Å². The number of hydrogen-bond donors (Lipinski definition) is 3. The second-order valence-corrected chi connectivity index (χ2v) is 5.78. The van der Waals surface area contributed by atoms with Crippen molar-refractivity contribution in [2.45, 2.75) is 6.92 Å². The fourth-order valence-corrected chi connectivity index (χ4v) is 2.58. The number of H-pyrrole nitrogens is 1. The molecule has 3 aromatic rings. The third-order valence-corrected chi connectivity index (χ3v) is 3.92. The highest BCUT2D eigenvalue weighted by atomic mass is 32.1. The van der Waals surface area contributed by atoms with E-state index in [0.29, 0.717) is 22.8 Å². The molecule has 0 atom stereocenters. The highest BCUT2D eigenvalue weighted by Crippen LogP contribution is 2.20. The number of carboxylic acids is 1. The van der Waals surface area contributed by atoms with Gasteiger partial charge >= 0.3 is 5.97 Å². The van der Waals surface area contributed by atoms with E-state index in [1.165, 1.54) is 17.0 Å². The van der Waals surface area contributed by atoms with Gasteiger partial charge in [-0.1, -0.05) is 18.2 Å². The van der Waals surface area contributed by atoms with Crippen LogP contribution in [-0.4, -0.2) is 38.8 Å². The molecule has 0 unspecified atom stereocenters. The molecule has 0 fully saturated rings. The number of aromatic nitrogens is 3. The molecule has 0 aliphatic carbocycles. The number of hydrazone groups is 1. The Labute approximate surface area is 160 Å². The molecule has 1 heterocycles. The highest BCUT2D eigenvalue weighted by Gasteiger charge is 2.09. The molecule has 3 rings (SSSR count). The van der Waals surface area contributed by atoms with Crippen LogP contribution in [0.15, 0.2) is 53.6 Å². The Morgan fingerprint density at radius 1 is 1.33 bits per heavy atom. The Bertz CT molecular complexity index is 1020. The summed E-state index contributed by atoms with van der Waals surface area (Å²) in [6.45, 7) is 2.51. The van der Waals surface area contributed by atoms with Crippen LogP contribution < -0.4 is 10.3 Å². The van der Waals surface area contributed by atoms with Crippen molar-refractivity contribution in [3.8, 4) is 17.1 Å². The minimum Gasteiger partial charge on any atom is -0.494 e. The summed E-state index contributed by atoms with van der Waals surface area (Å²) in [5, 5.41) is 20.2. The van der Waals surface area contributed by atoms with Crippen molar-refractivity contribution in [1.29, 1.82) is 0 Å². The summed E-state index contributed by atoms with van der Waals surface area (Å²) in [5.41, 5.74) is 4.21. The fraction of sp³-hybridized carbons (Fsp3) is 0.111. The van der Waals surface area contributed by atoms with E-state index in [1.807, 2.05) is 31.2 Å². The van der Waals surface area contributed by atoms with Gasteiger partial charge in [0.15, 0.2) is 5.82 Å². The molecule has 0 aliphatic rings. The minimum absolute atomic E-state index is 0.158. The molecule has 8 nitrogen and oxygen atoms in total. The lowest BCUT2D eigenvalue weighted by Crippen LogP contribution is -2.11. The van der Waals surface area contributed by atoms with Gasteiger partial charge in [-0.3, -0.25) is 0 Å². The standard InChI is InChI=1S/C18H17N5O3S/c1-2-26-14-9-7-12(8-10-14)16-20-21-18(27)23(16)22-19-11-13-5-3-4-6-15(13)17(24)25/h3-11,22H,2H2,1H3,(H,21,27)(H,24,25)/b19-11+. The Kier molecular flexibility index (Phi) is 5.62. The normalized spacial score (nSPS) is 10.9. The van der Waals surface area contributed by atoms with Gasteiger partial charge in [0.05, 0.1) is 18.4 Å². The van der Waals surface area contributed by atoms with Crippen LogP contribution in [0, 0.1) is 4.77 Å². The highest BCUT2D eigenvalue weighted by molar-refractivity contribution is 7.71. The SMILES string of the molecule is CCOc1ccc(-c2n[nH]c(=S)n2N/N=C/c2ccccc2C(=O)O)cc1. The van der Waals surface area contributed by atoms with Crippen molar-refractivity contribution in [1.82, 2.24) is 14.9 Å². The van der Waals surface area contributed by atoms with Crippen LogP contribution >= 0.6 is 12.2 Å². The van der Waals surface area contributed by atoms with E-state index in [1.54, 1.807) is 18.2 Å². The van der Waals surface area contributed by atoms with E-state index in [4.69, 9.17) is 17.0 Å². The number of aromatic amines is 1. The van der Waals surface area contributed by atoms with Crippen LogP contribution in [-0.2, 0) is 0 Å². The number of benzene rings is 2. The van der Waals surface area contributed by atoms with Crippen molar-refractivity contribution in [2.24, 2.45) is 5.10 Å². The predicted octanol–water partition coefficient (Wildman–Crippen LogP) is 3.28. The van der Waals surface area contributed by atoms with Crippen LogP contribution in [0.5, 0.6) is 5.75 Å². The zero-order valence-electron chi connectivity index (χ0n) is 14.4. The molecule has 0 saturated carbocycles. The van der Waals surface area contributed by atoms with E-state index >= 15 is 0 Å². The number of rotatable bonds is 7. The van der Waals surface area contributed by atoms with Gasteiger partial charge in [0.1, 0.15) is 5.75 Å². The smallest absolute Gasteiger partial charge is 0.336 e. The number of nitrogens with one attached hydrogen (secondary N) is 2. The van der Waals surface area contributed by atoms with Gasteiger partial charge in [-0.05, 0) is 49.5 Å². The predicted molar refractivity (Wildman–Crippen MR) is 104 cm³/mol. The number of ether oxygens (including phenoxy) is 1. The molecule has 3 N–H and O–H groups in total. The zero-order chi connectivity index (χ0) is 19.2. The quantitative estimate of drug-likeness (QED) is 0.329. The first-order valence-electron chi connectivity index (χ1n) is 8.12. The molecular formula is C18H17N5O3S. The average Bonchev–Trinajstić information content (AvgIpc) is 3.04. The van der Waals surface area contributed by atoms with Crippen molar-refractivity contribution < 1.29 is 14.6 Å². The lowest BCUT2D eigenvalue weighted by molar-refractivity contribution is 0.0696. The number of hydrogen-bond acceptors (Lipinski definition) is 6. The number of nitrogens with zero attached hydrogens (tertiary/aromatic N) is 3. The lowest BCUT2D eigenvalue weighted by atomic mass is 10.1. The number of carboxylic acid groups (broad SMARTS) is 1. The van der Waals surface area contributed by atoms with Gasteiger partial charge in [0, 0.05) is 11.1 Å². The van der Waals surface area contributed by atoms with Gasteiger partial charge in [-0.15, -0.1) is 0 Å². The topological polar surface area (TPSA) is 105 Å². The summed E-state index contributed by atoms with van der Waals surface area (Å²) >= 11 is 5.23. The van der Waals surface area contributed by atoms with E-state index < -0.39 is 5.97 Å². The molecule has 0 spiro atoms. The number of carbonyl (C=O) groups is 1. The Morgan fingerprint density at radius 3 is 2.78 bits per heavy atom. The minimum atomic E-state index is -1.02. The van der Waals surface area contributed by atoms with Crippen LogP contribution in [0.2, 0.25) is 0 Å². The van der Waals surface area contributed by atoms with Crippen molar-refractivity contribution >= 4 is 24.4 Å². The second kappa shape index (κ2) is 8.28. The molecule has 0 aliphatic heterocycles. The maximum atomic E-state index is 11.3. The maximum Gasteiger partial charge on any atom is 0.336 e.